The Bertz CT molecular complexity index is 192. The van der Waals surface area contributed by atoms with E-state index in [1.54, 1.807) is 0 Å². The predicted octanol–water partition coefficient (Wildman–Crippen LogP) is 5.19. The molecule has 0 spiro atoms. The molecule has 1 N–H and O–H groups in total. The zero-order chi connectivity index (χ0) is 15.2. The van der Waals surface area contributed by atoms with Crippen molar-refractivity contribution in [3.05, 3.63) is 0 Å². The minimum Gasteiger partial charge on any atom is -0.393 e. The third-order valence-corrected chi connectivity index (χ3v) is 3.71. The largest absolute Gasteiger partial charge is 0.393 e. The molecule has 2 atom stereocenters. The van der Waals surface area contributed by atoms with E-state index in [4.69, 9.17) is 4.74 Å². The fourth-order valence-corrected chi connectivity index (χ4v) is 2.62. The van der Waals surface area contributed by atoms with Crippen molar-refractivity contribution in [3.8, 4) is 0 Å². The number of ether oxygens (including phenoxy) is 1. The van der Waals surface area contributed by atoms with Crippen LogP contribution in [0.5, 0.6) is 0 Å². The molecule has 0 saturated carbocycles. The van der Waals surface area contributed by atoms with E-state index in [0.717, 1.165) is 26.1 Å². The van der Waals surface area contributed by atoms with Crippen molar-refractivity contribution in [3.63, 3.8) is 0 Å². The maximum atomic E-state index is 9.88. The molecule has 0 aromatic carbocycles. The molecule has 0 fully saturated rings. The van der Waals surface area contributed by atoms with Crippen LogP contribution < -0.4 is 0 Å². The maximum absolute atomic E-state index is 9.88. The average molecular weight is 286 g/mol. The molecule has 2 heteroatoms. The molecular weight excluding hydrogens is 248 g/mol. The molecule has 0 bridgehead atoms. The first kappa shape index (κ1) is 19.9. The van der Waals surface area contributed by atoms with Gasteiger partial charge in [0.05, 0.1) is 6.10 Å². The summed E-state index contributed by atoms with van der Waals surface area (Å²) in [6, 6.07) is 0. The number of unbranched alkanes of at least 4 members (excludes halogenated alkanes) is 6. The normalized spacial score (nSPS) is 14.7. The van der Waals surface area contributed by atoms with E-state index in [9.17, 15) is 5.11 Å². The highest BCUT2D eigenvalue weighted by Gasteiger charge is 2.11. The second-order valence-corrected chi connectivity index (χ2v) is 6.82. The Morgan fingerprint density at radius 3 is 2.05 bits per heavy atom. The number of hydrogen-bond acceptors (Lipinski definition) is 2. The SMILES string of the molecule is CCCCCCCCCOCC(C)CC(O)CC(C)C. The lowest BCUT2D eigenvalue weighted by atomic mass is 9.97. The average Bonchev–Trinajstić information content (AvgIpc) is 2.35. The summed E-state index contributed by atoms with van der Waals surface area (Å²) in [5.41, 5.74) is 0. The van der Waals surface area contributed by atoms with Crippen LogP contribution in [0.4, 0.5) is 0 Å². The fraction of sp³-hybridized carbons (Fsp3) is 1.00. The van der Waals surface area contributed by atoms with Crippen molar-refractivity contribution in [2.75, 3.05) is 13.2 Å². The first-order valence-corrected chi connectivity index (χ1v) is 8.82. The van der Waals surface area contributed by atoms with Crippen LogP contribution in [0, 0.1) is 11.8 Å². The molecule has 0 rings (SSSR count). The van der Waals surface area contributed by atoms with Crippen molar-refractivity contribution < 1.29 is 9.84 Å². The third-order valence-electron chi connectivity index (χ3n) is 3.71. The topological polar surface area (TPSA) is 29.5 Å². The molecule has 122 valence electrons. The van der Waals surface area contributed by atoms with E-state index in [1.807, 2.05) is 0 Å². The van der Waals surface area contributed by atoms with E-state index in [-0.39, 0.29) is 6.10 Å². The molecule has 2 nitrogen and oxygen atoms in total. The van der Waals surface area contributed by atoms with Crippen LogP contribution in [0.1, 0.15) is 85.5 Å². The second kappa shape index (κ2) is 13.9. The van der Waals surface area contributed by atoms with E-state index < -0.39 is 0 Å². The van der Waals surface area contributed by atoms with Gasteiger partial charge in [0.25, 0.3) is 0 Å². The van der Waals surface area contributed by atoms with Gasteiger partial charge < -0.3 is 9.84 Å². The van der Waals surface area contributed by atoms with Crippen molar-refractivity contribution >= 4 is 0 Å². The van der Waals surface area contributed by atoms with Gasteiger partial charge in [0, 0.05) is 13.2 Å². The van der Waals surface area contributed by atoms with Crippen LogP contribution in [0.15, 0.2) is 0 Å². The number of aliphatic hydroxyl groups excluding tert-OH is 1. The van der Waals surface area contributed by atoms with Crippen LogP contribution in [-0.2, 0) is 4.74 Å². The third kappa shape index (κ3) is 14.3. The molecule has 0 amide bonds. The first-order chi connectivity index (χ1) is 9.56. The smallest absolute Gasteiger partial charge is 0.0546 e. The lowest BCUT2D eigenvalue weighted by Gasteiger charge is -2.18. The Morgan fingerprint density at radius 1 is 0.850 bits per heavy atom. The highest BCUT2D eigenvalue weighted by Crippen LogP contribution is 2.14. The molecule has 2 unspecified atom stereocenters. The van der Waals surface area contributed by atoms with Crippen molar-refractivity contribution in [2.24, 2.45) is 11.8 Å². The van der Waals surface area contributed by atoms with Gasteiger partial charge in [-0.25, -0.2) is 0 Å². The zero-order valence-corrected chi connectivity index (χ0v) is 14.4. The molecule has 0 aliphatic carbocycles. The van der Waals surface area contributed by atoms with Crippen LogP contribution in [0.2, 0.25) is 0 Å². The van der Waals surface area contributed by atoms with Crippen LogP contribution in [-0.4, -0.2) is 24.4 Å². The fourth-order valence-electron chi connectivity index (χ4n) is 2.62. The van der Waals surface area contributed by atoms with Gasteiger partial charge in [-0.1, -0.05) is 66.2 Å². The molecule has 0 aliphatic heterocycles. The summed E-state index contributed by atoms with van der Waals surface area (Å²) < 4.78 is 5.72. The Labute approximate surface area is 127 Å². The minimum absolute atomic E-state index is 0.160. The standard InChI is InChI=1S/C18H38O2/c1-5-6-7-8-9-10-11-12-20-15-17(4)14-18(19)13-16(2)3/h16-19H,5-15H2,1-4H3. The van der Waals surface area contributed by atoms with Gasteiger partial charge in [0.1, 0.15) is 0 Å². The maximum Gasteiger partial charge on any atom is 0.0546 e. The Morgan fingerprint density at radius 2 is 1.45 bits per heavy atom. The molecule has 0 radical (unpaired) electrons. The van der Waals surface area contributed by atoms with Gasteiger partial charge in [-0.05, 0) is 31.1 Å². The van der Waals surface area contributed by atoms with Gasteiger partial charge in [0.15, 0.2) is 0 Å². The molecule has 0 aliphatic rings. The van der Waals surface area contributed by atoms with Crippen molar-refractivity contribution in [2.45, 2.75) is 91.6 Å². The molecule has 0 heterocycles. The zero-order valence-electron chi connectivity index (χ0n) is 14.4. The number of hydrogen-bond donors (Lipinski definition) is 1. The second-order valence-electron chi connectivity index (χ2n) is 6.82. The van der Waals surface area contributed by atoms with Crippen LogP contribution in [0.3, 0.4) is 0 Å². The van der Waals surface area contributed by atoms with E-state index in [2.05, 4.69) is 27.7 Å². The summed E-state index contributed by atoms with van der Waals surface area (Å²) in [6.45, 7) is 10.4. The molecular formula is C18H38O2. The number of aliphatic hydroxyl groups is 1. The highest BCUT2D eigenvalue weighted by atomic mass is 16.5. The van der Waals surface area contributed by atoms with Gasteiger partial charge in [0.2, 0.25) is 0 Å². The first-order valence-electron chi connectivity index (χ1n) is 8.82. The summed E-state index contributed by atoms with van der Waals surface area (Å²) in [6.07, 6.45) is 10.9. The van der Waals surface area contributed by atoms with Crippen LogP contribution >= 0.6 is 0 Å². The monoisotopic (exact) mass is 286 g/mol. The molecule has 0 saturated heterocycles. The van der Waals surface area contributed by atoms with Crippen LogP contribution in [0.25, 0.3) is 0 Å². The summed E-state index contributed by atoms with van der Waals surface area (Å²) in [5.74, 6) is 1.04. The Balaban J connectivity index is 3.28. The Hall–Kier alpha value is -0.0800. The molecule has 0 aromatic heterocycles. The van der Waals surface area contributed by atoms with E-state index >= 15 is 0 Å². The summed E-state index contributed by atoms with van der Waals surface area (Å²) in [7, 11) is 0. The number of rotatable bonds is 14. The van der Waals surface area contributed by atoms with Gasteiger partial charge in [-0.2, -0.15) is 0 Å². The van der Waals surface area contributed by atoms with Gasteiger partial charge in [-0.15, -0.1) is 0 Å². The quantitative estimate of drug-likeness (QED) is 0.445. The predicted molar refractivity (Wildman–Crippen MR) is 88.1 cm³/mol. The van der Waals surface area contributed by atoms with Gasteiger partial charge in [-0.3, -0.25) is 0 Å². The summed E-state index contributed by atoms with van der Waals surface area (Å²) >= 11 is 0. The van der Waals surface area contributed by atoms with E-state index in [0.29, 0.717) is 11.8 Å². The van der Waals surface area contributed by atoms with Crippen molar-refractivity contribution in [1.29, 1.82) is 0 Å². The highest BCUT2D eigenvalue weighted by molar-refractivity contribution is 4.63. The van der Waals surface area contributed by atoms with E-state index in [1.165, 1.54) is 44.9 Å². The summed E-state index contributed by atoms with van der Waals surface area (Å²) in [4.78, 5) is 0. The Kier molecular flexibility index (Phi) is 13.8. The molecule has 0 aromatic rings. The molecule has 20 heavy (non-hydrogen) atoms. The van der Waals surface area contributed by atoms with Crippen molar-refractivity contribution in [1.82, 2.24) is 0 Å². The lowest BCUT2D eigenvalue weighted by Crippen LogP contribution is -2.17. The lowest BCUT2D eigenvalue weighted by molar-refractivity contribution is 0.0650. The summed E-state index contributed by atoms with van der Waals surface area (Å²) in [5, 5.41) is 9.88. The van der Waals surface area contributed by atoms with Gasteiger partial charge >= 0.3 is 0 Å². The minimum atomic E-state index is -0.160.